The molecule has 1 saturated carbocycles. The van der Waals surface area contributed by atoms with Crippen LogP contribution < -0.4 is 0 Å². The van der Waals surface area contributed by atoms with E-state index in [-0.39, 0.29) is 11.1 Å². The summed E-state index contributed by atoms with van der Waals surface area (Å²) in [5.41, 5.74) is 0.371. The summed E-state index contributed by atoms with van der Waals surface area (Å²) in [6, 6.07) is 0. The van der Waals surface area contributed by atoms with Crippen LogP contribution in [0.4, 0.5) is 0 Å². The molecule has 0 spiro atoms. The van der Waals surface area contributed by atoms with Gasteiger partial charge in [0.1, 0.15) is 0 Å². The molecule has 2 rings (SSSR count). The maximum Gasteiger partial charge on any atom is 0.0794 e. The van der Waals surface area contributed by atoms with E-state index in [1.54, 1.807) is 0 Å². The Bertz CT molecular complexity index is 261. The van der Waals surface area contributed by atoms with Crippen LogP contribution in [0.15, 0.2) is 0 Å². The van der Waals surface area contributed by atoms with Crippen molar-refractivity contribution in [2.45, 2.75) is 96.7 Å². The number of nitrogens with zero attached hydrogens (tertiary/aromatic N) is 1. The molecule has 0 unspecified atom stereocenters. The monoisotopic (exact) mass is 253 g/mol. The van der Waals surface area contributed by atoms with Crippen LogP contribution >= 0.6 is 0 Å². The fourth-order valence-corrected chi connectivity index (χ4v) is 3.75. The van der Waals surface area contributed by atoms with Crippen LogP contribution in [-0.2, 0) is 4.84 Å². The van der Waals surface area contributed by atoms with Gasteiger partial charge in [-0.05, 0) is 78.6 Å². The van der Waals surface area contributed by atoms with Crippen LogP contribution in [0.5, 0.6) is 0 Å². The average Bonchev–Trinajstić information content (AvgIpc) is 2.25. The minimum absolute atomic E-state index is 0.185. The van der Waals surface area contributed by atoms with E-state index in [2.05, 4.69) is 39.7 Å². The van der Waals surface area contributed by atoms with Crippen molar-refractivity contribution in [2.24, 2.45) is 5.92 Å². The van der Waals surface area contributed by atoms with Gasteiger partial charge in [0.15, 0.2) is 0 Å². The van der Waals surface area contributed by atoms with E-state index in [1.807, 2.05) is 0 Å². The minimum Gasteiger partial charge on any atom is -0.295 e. The Morgan fingerprint density at radius 3 is 1.89 bits per heavy atom. The predicted molar refractivity (Wildman–Crippen MR) is 76.4 cm³/mol. The first-order valence-corrected chi connectivity index (χ1v) is 7.78. The lowest BCUT2D eigenvalue weighted by Gasteiger charge is -2.52. The molecule has 2 fully saturated rings. The Balaban J connectivity index is 2.00. The molecule has 1 aliphatic carbocycles. The number of rotatable bonds is 2. The number of hydroxylamine groups is 2. The fourth-order valence-electron chi connectivity index (χ4n) is 3.75. The SMILES string of the molecule is CC1CCC(ON2C(C)(C)CCCC2(C)C)CC1. The maximum absolute atomic E-state index is 6.44. The molecule has 18 heavy (non-hydrogen) atoms. The lowest BCUT2D eigenvalue weighted by Crippen LogP contribution is -2.59. The van der Waals surface area contributed by atoms with E-state index < -0.39 is 0 Å². The second-order valence-corrected chi connectivity index (χ2v) is 7.76. The molecular weight excluding hydrogens is 222 g/mol. The number of piperidine rings is 1. The van der Waals surface area contributed by atoms with E-state index >= 15 is 0 Å². The lowest BCUT2D eigenvalue weighted by atomic mass is 9.82. The molecule has 0 radical (unpaired) electrons. The molecule has 0 aromatic carbocycles. The highest BCUT2D eigenvalue weighted by Crippen LogP contribution is 2.40. The summed E-state index contributed by atoms with van der Waals surface area (Å²) in [7, 11) is 0. The summed E-state index contributed by atoms with van der Waals surface area (Å²) in [5.74, 6) is 0.896. The van der Waals surface area contributed by atoms with Crippen LogP contribution in [-0.4, -0.2) is 22.2 Å². The second kappa shape index (κ2) is 5.13. The molecule has 0 bridgehead atoms. The summed E-state index contributed by atoms with van der Waals surface area (Å²) >= 11 is 0. The van der Waals surface area contributed by atoms with Crippen molar-refractivity contribution in [2.75, 3.05) is 0 Å². The highest BCUT2D eigenvalue weighted by molar-refractivity contribution is 4.93. The van der Waals surface area contributed by atoms with Crippen LogP contribution in [0, 0.1) is 5.92 Å². The van der Waals surface area contributed by atoms with E-state index in [1.165, 1.54) is 44.9 Å². The zero-order valence-electron chi connectivity index (χ0n) is 13.0. The normalized spacial score (nSPS) is 36.5. The number of hydrogen-bond donors (Lipinski definition) is 0. The Kier molecular flexibility index (Phi) is 4.08. The van der Waals surface area contributed by atoms with E-state index in [0.29, 0.717) is 6.10 Å². The third kappa shape index (κ3) is 3.08. The van der Waals surface area contributed by atoms with Gasteiger partial charge in [-0.2, -0.15) is 5.06 Å². The highest BCUT2D eigenvalue weighted by Gasteiger charge is 2.43. The molecule has 1 aliphatic heterocycles. The third-order valence-corrected chi connectivity index (χ3v) is 4.89. The minimum atomic E-state index is 0.185. The molecule has 2 aliphatic rings. The molecule has 106 valence electrons. The van der Waals surface area contributed by atoms with Gasteiger partial charge in [-0.15, -0.1) is 0 Å². The average molecular weight is 253 g/mol. The molecular formula is C16H31NO. The summed E-state index contributed by atoms with van der Waals surface area (Å²) in [5, 5.41) is 2.34. The maximum atomic E-state index is 6.44. The van der Waals surface area contributed by atoms with E-state index in [0.717, 1.165) is 5.92 Å². The topological polar surface area (TPSA) is 12.5 Å². The molecule has 2 nitrogen and oxygen atoms in total. The van der Waals surface area contributed by atoms with Gasteiger partial charge < -0.3 is 0 Å². The summed E-state index contributed by atoms with van der Waals surface area (Å²) in [6.07, 6.45) is 9.42. The van der Waals surface area contributed by atoms with Crippen molar-refractivity contribution in [3.05, 3.63) is 0 Å². The Morgan fingerprint density at radius 1 is 0.889 bits per heavy atom. The van der Waals surface area contributed by atoms with Crippen LogP contribution in [0.3, 0.4) is 0 Å². The van der Waals surface area contributed by atoms with E-state index in [4.69, 9.17) is 4.84 Å². The van der Waals surface area contributed by atoms with Gasteiger partial charge in [-0.25, -0.2) is 0 Å². The molecule has 0 amide bonds. The van der Waals surface area contributed by atoms with Crippen molar-refractivity contribution in [3.8, 4) is 0 Å². The van der Waals surface area contributed by atoms with Crippen molar-refractivity contribution in [1.29, 1.82) is 0 Å². The smallest absolute Gasteiger partial charge is 0.0794 e. The largest absolute Gasteiger partial charge is 0.295 e. The standard InChI is InChI=1S/C16H31NO/c1-13-7-9-14(10-8-13)18-17-15(2,3)11-6-12-16(17,4)5/h13-14H,6-12H2,1-5H3. The van der Waals surface area contributed by atoms with Crippen molar-refractivity contribution < 1.29 is 4.84 Å². The fraction of sp³-hybridized carbons (Fsp3) is 1.00. The molecule has 0 N–H and O–H groups in total. The van der Waals surface area contributed by atoms with Gasteiger partial charge in [0, 0.05) is 11.1 Å². The lowest BCUT2D eigenvalue weighted by molar-refractivity contribution is -0.309. The zero-order valence-corrected chi connectivity index (χ0v) is 13.0. The van der Waals surface area contributed by atoms with Gasteiger partial charge in [0.2, 0.25) is 0 Å². The zero-order chi connectivity index (χ0) is 13.4. The predicted octanol–water partition coefficient (Wildman–Crippen LogP) is 4.54. The quantitative estimate of drug-likeness (QED) is 0.716. The van der Waals surface area contributed by atoms with Crippen LogP contribution in [0.1, 0.15) is 79.6 Å². The van der Waals surface area contributed by atoms with Gasteiger partial charge in [-0.1, -0.05) is 6.92 Å². The van der Waals surface area contributed by atoms with Gasteiger partial charge in [0.05, 0.1) is 6.10 Å². The molecule has 0 aromatic heterocycles. The van der Waals surface area contributed by atoms with Crippen LogP contribution in [0.25, 0.3) is 0 Å². The second-order valence-electron chi connectivity index (χ2n) is 7.76. The Morgan fingerprint density at radius 2 is 1.39 bits per heavy atom. The molecule has 1 heterocycles. The number of hydrogen-bond acceptors (Lipinski definition) is 2. The summed E-state index contributed by atoms with van der Waals surface area (Å²) < 4.78 is 0. The first kappa shape index (κ1) is 14.3. The Hall–Kier alpha value is -0.0800. The van der Waals surface area contributed by atoms with Gasteiger partial charge in [0.25, 0.3) is 0 Å². The summed E-state index contributed by atoms with van der Waals surface area (Å²) in [6.45, 7) is 11.7. The first-order chi connectivity index (χ1) is 8.31. The Labute approximate surface area is 113 Å². The molecule has 0 aromatic rings. The van der Waals surface area contributed by atoms with E-state index in [9.17, 15) is 0 Å². The molecule has 1 saturated heterocycles. The van der Waals surface area contributed by atoms with Crippen molar-refractivity contribution >= 4 is 0 Å². The van der Waals surface area contributed by atoms with Crippen molar-refractivity contribution in [3.63, 3.8) is 0 Å². The first-order valence-electron chi connectivity index (χ1n) is 7.78. The molecule has 0 atom stereocenters. The highest BCUT2D eigenvalue weighted by atomic mass is 16.7. The van der Waals surface area contributed by atoms with Gasteiger partial charge in [-0.3, -0.25) is 4.84 Å². The molecule has 2 heteroatoms. The third-order valence-electron chi connectivity index (χ3n) is 4.89. The summed E-state index contributed by atoms with van der Waals surface area (Å²) in [4.78, 5) is 6.44. The van der Waals surface area contributed by atoms with Crippen LogP contribution in [0.2, 0.25) is 0 Å². The van der Waals surface area contributed by atoms with Gasteiger partial charge >= 0.3 is 0 Å². The van der Waals surface area contributed by atoms with Crippen molar-refractivity contribution in [1.82, 2.24) is 5.06 Å².